The van der Waals surface area contributed by atoms with Crippen LogP contribution in [-0.4, -0.2) is 42.5 Å². The van der Waals surface area contributed by atoms with Crippen LogP contribution in [0.5, 0.6) is 0 Å². The Kier molecular flexibility index (Phi) is 26.6. The molecule has 0 aromatic rings. The number of allylic oxidation sites excluding steroid dienone is 8. The van der Waals surface area contributed by atoms with E-state index in [1.54, 1.807) is 0 Å². The molecule has 2 aliphatic heterocycles. The van der Waals surface area contributed by atoms with Gasteiger partial charge in [-0.05, 0) is 90.0 Å². The molecule has 0 spiro atoms. The zero-order valence-corrected chi connectivity index (χ0v) is 31.8. The van der Waals surface area contributed by atoms with Gasteiger partial charge in [0.05, 0.1) is 12.2 Å². The first-order valence-electron chi connectivity index (χ1n) is 20.9. The maximum atomic E-state index is 6.84. The summed E-state index contributed by atoms with van der Waals surface area (Å²) >= 11 is 0. The van der Waals surface area contributed by atoms with Crippen LogP contribution >= 0.6 is 0 Å². The lowest BCUT2D eigenvalue weighted by Crippen LogP contribution is -2.44. The summed E-state index contributed by atoms with van der Waals surface area (Å²) in [6, 6.07) is 0. The van der Waals surface area contributed by atoms with Crippen molar-refractivity contribution in [1.29, 1.82) is 0 Å². The smallest absolute Gasteiger partial charge is 0.169 e. The van der Waals surface area contributed by atoms with Crippen LogP contribution in [0.3, 0.4) is 0 Å². The van der Waals surface area contributed by atoms with E-state index in [2.05, 4.69) is 74.3 Å². The highest BCUT2D eigenvalue weighted by Gasteiger charge is 2.48. The van der Waals surface area contributed by atoms with Crippen LogP contribution in [0.1, 0.15) is 194 Å². The quantitative estimate of drug-likeness (QED) is 0.0549. The van der Waals surface area contributed by atoms with Crippen molar-refractivity contribution < 1.29 is 9.47 Å². The molecule has 0 N–H and O–H groups in total. The van der Waals surface area contributed by atoms with Crippen LogP contribution in [0, 0.1) is 0 Å². The minimum atomic E-state index is -0.316. The third-order valence-electron chi connectivity index (χ3n) is 10.3. The first-order valence-corrected chi connectivity index (χ1v) is 20.9. The fraction of sp³-hybridized carbons (Fsp3) is 0.818. The van der Waals surface area contributed by atoms with Crippen molar-refractivity contribution in [3.05, 3.63) is 48.6 Å². The molecular formula is C44H79NO2. The molecule has 0 aromatic heterocycles. The van der Waals surface area contributed by atoms with Gasteiger partial charge in [0.25, 0.3) is 0 Å². The van der Waals surface area contributed by atoms with Crippen molar-refractivity contribution in [1.82, 2.24) is 4.90 Å². The van der Waals surface area contributed by atoms with Crippen molar-refractivity contribution in [3.8, 4) is 0 Å². The molecule has 2 saturated heterocycles. The number of likely N-dealkylation sites (tertiary alicyclic amines) is 1. The van der Waals surface area contributed by atoms with Gasteiger partial charge in [0.15, 0.2) is 5.79 Å². The van der Waals surface area contributed by atoms with E-state index in [4.69, 9.17) is 9.47 Å². The summed E-state index contributed by atoms with van der Waals surface area (Å²) in [6.45, 7) is 10.2. The summed E-state index contributed by atoms with van der Waals surface area (Å²) in [5.41, 5.74) is 0. The second-order valence-corrected chi connectivity index (χ2v) is 14.6. The Hall–Kier alpha value is -1.16. The van der Waals surface area contributed by atoms with Crippen molar-refractivity contribution in [2.45, 2.75) is 212 Å². The number of rotatable bonds is 31. The van der Waals surface area contributed by atoms with Gasteiger partial charge in [-0.15, -0.1) is 0 Å². The van der Waals surface area contributed by atoms with Gasteiger partial charge in [0.1, 0.15) is 0 Å². The standard InChI is InChI=1S/C44H79NO2/c1-4-7-9-11-13-15-17-19-21-23-25-27-29-31-33-35-38-44(46-42-37-40-45(6-3)41-43(42)47-44)39-36-34-32-30-28-26-24-22-20-18-16-14-12-10-8-5-2/h13-16,19-22,42-43H,4-12,17-18,23-41H2,1-3H3/b15-13-,16-14-,21-19-,22-20-/t42-,43-/m0/s1. The number of unbranched alkanes of at least 4 members (excludes halogenated alkanes) is 18. The largest absolute Gasteiger partial charge is 0.344 e. The van der Waals surface area contributed by atoms with Gasteiger partial charge in [-0.1, -0.05) is 146 Å². The summed E-state index contributed by atoms with van der Waals surface area (Å²) < 4.78 is 13.7. The molecule has 2 atom stereocenters. The molecule has 2 fully saturated rings. The third-order valence-corrected chi connectivity index (χ3v) is 10.3. The number of fused-ring (bicyclic) bond motifs is 1. The first kappa shape index (κ1) is 42.0. The summed E-state index contributed by atoms with van der Waals surface area (Å²) in [5, 5.41) is 0. The van der Waals surface area contributed by atoms with E-state index in [1.165, 1.54) is 141 Å². The van der Waals surface area contributed by atoms with Crippen molar-refractivity contribution >= 4 is 0 Å². The second kappa shape index (κ2) is 29.7. The Balaban J connectivity index is 1.56. The van der Waals surface area contributed by atoms with Gasteiger partial charge in [-0.2, -0.15) is 0 Å². The van der Waals surface area contributed by atoms with Crippen LogP contribution in [0.2, 0.25) is 0 Å². The van der Waals surface area contributed by atoms with Gasteiger partial charge in [0, 0.05) is 25.9 Å². The fourth-order valence-electron chi connectivity index (χ4n) is 7.20. The van der Waals surface area contributed by atoms with Crippen LogP contribution < -0.4 is 0 Å². The Morgan fingerprint density at radius 3 is 1.34 bits per heavy atom. The molecular weight excluding hydrogens is 574 g/mol. The molecule has 2 aliphatic rings. The molecule has 0 aromatic carbocycles. The number of piperidine rings is 1. The van der Waals surface area contributed by atoms with Gasteiger partial charge < -0.3 is 14.4 Å². The highest BCUT2D eigenvalue weighted by Crippen LogP contribution is 2.40. The summed E-state index contributed by atoms with van der Waals surface area (Å²) in [7, 11) is 0. The van der Waals surface area contributed by atoms with E-state index in [0.29, 0.717) is 6.10 Å². The maximum absolute atomic E-state index is 6.84. The van der Waals surface area contributed by atoms with E-state index < -0.39 is 0 Å². The first-order chi connectivity index (χ1) is 23.2. The van der Waals surface area contributed by atoms with Gasteiger partial charge in [0.2, 0.25) is 0 Å². The SMILES string of the molecule is CCCCC/C=C\C/C=C\CCCCCCCCC1(CCCCCCCC/C=C\C/C=C\CCCCC)O[C@H]2CCN(CC)C[C@@H]2O1. The van der Waals surface area contributed by atoms with E-state index in [9.17, 15) is 0 Å². The normalized spacial score (nSPS) is 20.1. The topological polar surface area (TPSA) is 21.7 Å². The molecule has 0 unspecified atom stereocenters. The number of ether oxygens (including phenoxy) is 2. The van der Waals surface area contributed by atoms with Crippen molar-refractivity contribution in [2.75, 3.05) is 19.6 Å². The lowest BCUT2D eigenvalue weighted by molar-refractivity contribution is -0.185. The minimum Gasteiger partial charge on any atom is -0.344 e. The number of hydrogen-bond donors (Lipinski definition) is 0. The number of hydrogen-bond acceptors (Lipinski definition) is 3. The van der Waals surface area contributed by atoms with Crippen LogP contribution in [-0.2, 0) is 9.47 Å². The lowest BCUT2D eigenvalue weighted by atomic mass is 9.98. The fourth-order valence-corrected chi connectivity index (χ4v) is 7.20. The Morgan fingerprint density at radius 2 is 0.894 bits per heavy atom. The van der Waals surface area contributed by atoms with Crippen LogP contribution in [0.25, 0.3) is 0 Å². The van der Waals surface area contributed by atoms with Gasteiger partial charge >= 0.3 is 0 Å². The molecule has 272 valence electrons. The molecule has 3 heteroatoms. The van der Waals surface area contributed by atoms with Crippen LogP contribution in [0.4, 0.5) is 0 Å². The Labute approximate surface area is 294 Å². The molecule has 3 nitrogen and oxygen atoms in total. The molecule has 2 heterocycles. The second-order valence-electron chi connectivity index (χ2n) is 14.6. The predicted octanol–water partition coefficient (Wildman–Crippen LogP) is 13.6. The molecule has 0 radical (unpaired) electrons. The predicted molar refractivity (Wildman–Crippen MR) is 207 cm³/mol. The number of likely N-dealkylation sites (N-methyl/N-ethyl adjacent to an activating group) is 1. The molecule has 47 heavy (non-hydrogen) atoms. The number of nitrogens with zero attached hydrogens (tertiary/aromatic N) is 1. The van der Waals surface area contributed by atoms with E-state index in [-0.39, 0.29) is 11.9 Å². The Bertz CT molecular complexity index is 766. The summed E-state index contributed by atoms with van der Waals surface area (Å²) in [4.78, 5) is 2.54. The monoisotopic (exact) mass is 654 g/mol. The van der Waals surface area contributed by atoms with Crippen LogP contribution in [0.15, 0.2) is 48.6 Å². The zero-order valence-electron chi connectivity index (χ0n) is 31.8. The molecule has 0 amide bonds. The average Bonchev–Trinajstić information content (AvgIpc) is 3.45. The summed E-state index contributed by atoms with van der Waals surface area (Å²) in [5.74, 6) is -0.316. The van der Waals surface area contributed by atoms with Gasteiger partial charge in [-0.3, -0.25) is 0 Å². The molecule has 0 saturated carbocycles. The average molecular weight is 654 g/mol. The van der Waals surface area contributed by atoms with E-state index in [1.807, 2.05) is 0 Å². The highest BCUT2D eigenvalue weighted by atomic mass is 16.8. The lowest BCUT2D eigenvalue weighted by Gasteiger charge is -2.31. The maximum Gasteiger partial charge on any atom is 0.169 e. The molecule has 0 bridgehead atoms. The van der Waals surface area contributed by atoms with E-state index >= 15 is 0 Å². The molecule has 0 aliphatic carbocycles. The highest BCUT2D eigenvalue weighted by molar-refractivity contribution is 4.94. The third kappa shape index (κ3) is 21.5. The Morgan fingerprint density at radius 1 is 0.489 bits per heavy atom. The van der Waals surface area contributed by atoms with E-state index in [0.717, 1.165) is 51.7 Å². The van der Waals surface area contributed by atoms with Gasteiger partial charge in [-0.25, -0.2) is 0 Å². The van der Waals surface area contributed by atoms with Crippen molar-refractivity contribution in [3.63, 3.8) is 0 Å². The minimum absolute atomic E-state index is 0.276. The summed E-state index contributed by atoms with van der Waals surface area (Å²) in [6.07, 6.45) is 53.9. The zero-order chi connectivity index (χ0) is 33.5. The van der Waals surface area contributed by atoms with Crippen molar-refractivity contribution in [2.24, 2.45) is 0 Å². The molecule has 2 rings (SSSR count).